The smallest absolute Gasteiger partial charge is 0.290 e. The maximum absolute atomic E-state index is 13.7. The Morgan fingerprint density at radius 1 is 1.23 bits per heavy atom. The van der Waals surface area contributed by atoms with Crippen LogP contribution in [0.25, 0.3) is 0 Å². The minimum atomic E-state index is -0.714. The number of hydrogen-bond donors (Lipinski definition) is 1. The number of carbonyl (C=O) groups is 2. The van der Waals surface area contributed by atoms with Crippen LogP contribution in [0.15, 0.2) is 54.3 Å². The molecule has 4 rings (SSSR count). The van der Waals surface area contributed by atoms with Crippen molar-refractivity contribution in [2.45, 2.75) is 52.6 Å². The zero-order valence-corrected chi connectivity index (χ0v) is 21.0. The Bertz CT molecular complexity index is 1230. The van der Waals surface area contributed by atoms with Crippen LogP contribution in [-0.2, 0) is 11.3 Å². The number of rotatable bonds is 11. The van der Waals surface area contributed by atoms with Gasteiger partial charge in [0.25, 0.3) is 5.91 Å². The number of Topliss-reactive ketones (excluding diaryl/α,β-unsaturated/α-hetero) is 1. The van der Waals surface area contributed by atoms with E-state index in [0.717, 1.165) is 23.4 Å². The second kappa shape index (κ2) is 10.9. The van der Waals surface area contributed by atoms with Crippen molar-refractivity contribution in [3.8, 4) is 5.75 Å². The van der Waals surface area contributed by atoms with E-state index in [9.17, 15) is 14.7 Å². The molecule has 184 valence electrons. The van der Waals surface area contributed by atoms with Gasteiger partial charge in [-0.2, -0.15) is 0 Å². The lowest BCUT2D eigenvalue weighted by Gasteiger charge is -2.27. The number of benzene rings is 1. The highest BCUT2D eigenvalue weighted by molar-refractivity contribution is 7.14. The molecular formula is C26H30N4O4S. The molecule has 35 heavy (non-hydrogen) atoms. The van der Waals surface area contributed by atoms with Crippen LogP contribution in [0.2, 0.25) is 0 Å². The summed E-state index contributed by atoms with van der Waals surface area (Å²) in [4.78, 5) is 37.3. The number of amides is 1. The van der Waals surface area contributed by atoms with E-state index in [-0.39, 0.29) is 11.4 Å². The van der Waals surface area contributed by atoms with Gasteiger partial charge >= 0.3 is 0 Å². The molecule has 2 aromatic heterocycles. The third kappa shape index (κ3) is 5.30. The first-order valence-electron chi connectivity index (χ1n) is 11.8. The molecule has 0 fully saturated rings. The number of thiazole rings is 1. The number of aryl methyl sites for hydroxylation is 3. The summed E-state index contributed by atoms with van der Waals surface area (Å²) in [5.41, 5.74) is 1.41. The second-order valence-electron chi connectivity index (χ2n) is 8.57. The van der Waals surface area contributed by atoms with Crippen molar-refractivity contribution < 1.29 is 19.4 Å². The Kier molecular flexibility index (Phi) is 7.65. The van der Waals surface area contributed by atoms with E-state index >= 15 is 0 Å². The molecule has 1 aliphatic rings. The highest BCUT2D eigenvalue weighted by Crippen LogP contribution is 2.41. The van der Waals surface area contributed by atoms with Crippen molar-refractivity contribution in [3.63, 3.8) is 0 Å². The fraction of sp³-hybridized carbons (Fsp3) is 0.385. The molecule has 3 aromatic rings. The van der Waals surface area contributed by atoms with Crippen molar-refractivity contribution >= 4 is 23.0 Å². The highest BCUT2D eigenvalue weighted by Gasteiger charge is 2.44. The van der Waals surface area contributed by atoms with Crippen molar-refractivity contribution in [2.75, 3.05) is 13.2 Å². The van der Waals surface area contributed by atoms with Gasteiger partial charge in [-0.15, -0.1) is 11.3 Å². The largest absolute Gasteiger partial charge is 0.503 e. The highest BCUT2D eigenvalue weighted by atomic mass is 32.1. The summed E-state index contributed by atoms with van der Waals surface area (Å²) in [5.74, 6) is -0.728. The van der Waals surface area contributed by atoms with Gasteiger partial charge in [0, 0.05) is 25.5 Å². The summed E-state index contributed by atoms with van der Waals surface area (Å²) in [6.45, 7) is 7.31. The Morgan fingerprint density at radius 2 is 2.06 bits per heavy atom. The van der Waals surface area contributed by atoms with Gasteiger partial charge in [-0.25, -0.2) is 9.97 Å². The first kappa shape index (κ1) is 24.7. The molecule has 1 aliphatic heterocycles. The third-order valence-corrected chi connectivity index (χ3v) is 7.04. The zero-order valence-electron chi connectivity index (χ0n) is 20.2. The van der Waals surface area contributed by atoms with Crippen LogP contribution in [0.1, 0.15) is 58.2 Å². The molecule has 1 N–H and O–H groups in total. The van der Waals surface area contributed by atoms with Gasteiger partial charge in [0.15, 0.2) is 5.76 Å². The number of imidazole rings is 1. The van der Waals surface area contributed by atoms with Gasteiger partial charge in [0.2, 0.25) is 5.78 Å². The molecule has 0 radical (unpaired) electrons. The molecule has 0 spiro atoms. The molecule has 9 heteroatoms. The van der Waals surface area contributed by atoms with Crippen LogP contribution in [0, 0.1) is 13.8 Å². The molecule has 1 unspecified atom stereocenters. The molecule has 0 saturated carbocycles. The topological polar surface area (TPSA) is 97.5 Å². The van der Waals surface area contributed by atoms with Crippen LogP contribution in [-0.4, -0.2) is 49.4 Å². The minimum absolute atomic E-state index is 0.0927. The van der Waals surface area contributed by atoms with Crippen molar-refractivity contribution in [2.24, 2.45) is 0 Å². The molecule has 1 amide bonds. The number of aliphatic hydroxyl groups is 1. The number of ketones is 1. The minimum Gasteiger partial charge on any atom is -0.503 e. The van der Waals surface area contributed by atoms with Crippen molar-refractivity contribution in [1.29, 1.82) is 0 Å². The standard InChI is InChI=1S/C26H30N4O4S/c1-4-5-14-34-20-9-6-8-19(15-20)22-21(23(31)25-17(2)28-18(3)35-25)24(32)26(33)30(22)12-7-11-29-13-10-27-16-29/h6,8-10,13,15-16,22,32H,4-5,7,11-12,14H2,1-3H3. The Labute approximate surface area is 208 Å². The Balaban J connectivity index is 1.68. The van der Waals surface area contributed by atoms with Crippen molar-refractivity contribution in [3.05, 3.63) is 75.5 Å². The fourth-order valence-corrected chi connectivity index (χ4v) is 5.15. The monoisotopic (exact) mass is 494 g/mol. The molecule has 0 saturated heterocycles. The first-order valence-corrected chi connectivity index (χ1v) is 12.6. The number of ether oxygens (including phenoxy) is 1. The number of aromatic nitrogens is 3. The third-order valence-electron chi connectivity index (χ3n) is 5.97. The van der Waals surface area contributed by atoms with Crippen LogP contribution >= 0.6 is 11.3 Å². The predicted octanol–water partition coefficient (Wildman–Crippen LogP) is 4.80. The Morgan fingerprint density at radius 3 is 2.74 bits per heavy atom. The van der Waals surface area contributed by atoms with Gasteiger partial charge in [-0.05, 0) is 44.4 Å². The van der Waals surface area contributed by atoms with E-state index < -0.39 is 17.7 Å². The number of nitrogens with zero attached hydrogens (tertiary/aromatic N) is 4. The summed E-state index contributed by atoms with van der Waals surface area (Å²) in [7, 11) is 0. The van der Waals surface area contributed by atoms with Gasteiger partial charge < -0.3 is 19.3 Å². The lowest BCUT2D eigenvalue weighted by Crippen LogP contribution is -2.32. The van der Waals surface area contributed by atoms with E-state index in [0.29, 0.717) is 42.4 Å². The maximum atomic E-state index is 13.7. The molecule has 0 bridgehead atoms. The molecule has 3 heterocycles. The second-order valence-corrected chi connectivity index (χ2v) is 9.77. The molecule has 0 aliphatic carbocycles. The SMILES string of the molecule is CCCCOc1cccc(C2C(C(=O)c3sc(C)nc3C)=C(O)C(=O)N2CCCn2ccnc2)c1. The van der Waals surface area contributed by atoms with Gasteiger partial charge in [0.05, 0.1) is 40.1 Å². The Hall–Kier alpha value is -3.46. The average molecular weight is 495 g/mol. The fourth-order valence-electron chi connectivity index (χ4n) is 4.28. The normalized spacial score (nSPS) is 15.8. The molecule has 1 aromatic carbocycles. The van der Waals surface area contributed by atoms with Crippen LogP contribution < -0.4 is 4.74 Å². The number of carbonyl (C=O) groups excluding carboxylic acids is 2. The predicted molar refractivity (Wildman–Crippen MR) is 134 cm³/mol. The first-order chi connectivity index (χ1) is 16.9. The van der Waals surface area contributed by atoms with Gasteiger partial charge in [0.1, 0.15) is 5.75 Å². The van der Waals surface area contributed by atoms with E-state index in [1.54, 1.807) is 24.3 Å². The summed E-state index contributed by atoms with van der Waals surface area (Å²) >= 11 is 1.27. The lowest BCUT2D eigenvalue weighted by molar-refractivity contribution is -0.129. The van der Waals surface area contributed by atoms with E-state index in [1.165, 1.54) is 11.3 Å². The van der Waals surface area contributed by atoms with Crippen LogP contribution in [0.5, 0.6) is 5.75 Å². The number of aliphatic hydroxyl groups excluding tert-OH is 1. The van der Waals surface area contributed by atoms with E-state index in [2.05, 4.69) is 16.9 Å². The quantitative estimate of drug-likeness (QED) is 0.304. The molecule has 1 atom stereocenters. The lowest BCUT2D eigenvalue weighted by atomic mass is 9.95. The van der Waals surface area contributed by atoms with E-state index in [1.807, 2.05) is 42.0 Å². The summed E-state index contributed by atoms with van der Waals surface area (Å²) in [6.07, 6.45) is 7.88. The number of hydrogen-bond acceptors (Lipinski definition) is 7. The van der Waals surface area contributed by atoms with E-state index in [4.69, 9.17) is 4.74 Å². The summed E-state index contributed by atoms with van der Waals surface area (Å²) in [6, 6.07) is 6.72. The zero-order chi connectivity index (χ0) is 24.9. The average Bonchev–Trinajstić information content (AvgIpc) is 3.54. The van der Waals surface area contributed by atoms with Crippen LogP contribution in [0.4, 0.5) is 0 Å². The molecule has 8 nitrogen and oxygen atoms in total. The van der Waals surface area contributed by atoms with Crippen LogP contribution in [0.3, 0.4) is 0 Å². The molecular weight excluding hydrogens is 464 g/mol. The maximum Gasteiger partial charge on any atom is 0.290 e. The summed E-state index contributed by atoms with van der Waals surface area (Å²) in [5, 5.41) is 11.7. The number of unbranched alkanes of at least 4 members (excludes halogenated alkanes) is 1. The summed E-state index contributed by atoms with van der Waals surface area (Å²) < 4.78 is 7.81. The van der Waals surface area contributed by atoms with Crippen molar-refractivity contribution in [1.82, 2.24) is 19.4 Å². The van der Waals surface area contributed by atoms with Gasteiger partial charge in [-0.3, -0.25) is 9.59 Å². The van der Waals surface area contributed by atoms with Gasteiger partial charge in [-0.1, -0.05) is 25.5 Å².